The molecule has 28 heavy (non-hydrogen) atoms. The molecule has 1 aromatic heterocycles. The molecule has 1 heterocycles. The summed E-state index contributed by atoms with van der Waals surface area (Å²) in [4.78, 5) is 37.5. The molecule has 2 atom stereocenters. The van der Waals surface area contributed by atoms with Crippen LogP contribution in [0.4, 0.5) is 5.69 Å². The minimum absolute atomic E-state index is 0.217. The van der Waals surface area contributed by atoms with E-state index in [9.17, 15) is 14.4 Å². The second kappa shape index (κ2) is 9.67. The number of ether oxygens (including phenoxy) is 1. The van der Waals surface area contributed by atoms with Crippen LogP contribution in [0.15, 0.2) is 41.8 Å². The van der Waals surface area contributed by atoms with Crippen LogP contribution in [0, 0.1) is 17.2 Å². The Morgan fingerprint density at radius 3 is 2.32 bits per heavy atom. The quantitative estimate of drug-likeness (QED) is 0.696. The van der Waals surface area contributed by atoms with Crippen LogP contribution in [-0.4, -0.2) is 29.9 Å². The Hall–Kier alpha value is -3.18. The Labute approximate surface area is 167 Å². The lowest BCUT2D eigenvalue weighted by atomic mass is 10.0. The number of benzene rings is 1. The smallest absolute Gasteiger partial charge is 0.329 e. The van der Waals surface area contributed by atoms with E-state index in [2.05, 4.69) is 10.6 Å². The summed E-state index contributed by atoms with van der Waals surface area (Å²) in [7, 11) is 0. The molecule has 0 saturated heterocycles. The van der Waals surface area contributed by atoms with Crippen LogP contribution in [0.3, 0.4) is 0 Å². The summed E-state index contributed by atoms with van der Waals surface area (Å²) in [6.07, 6.45) is -1.05. The highest BCUT2D eigenvalue weighted by molar-refractivity contribution is 7.12. The number of carbonyl (C=O) groups is 3. The van der Waals surface area contributed by atoms with E-state index in [0.29, 0.717) is 16.1 Å². The summed E-state index contributed by atoms with van der Waals surface area (Å²) in [6.45, 7) is 5.01. The van der Waals surface area contributed by atoms with Crippen molar-refractivity contribution >= 4 is 34.8 Å². The number of nitrogens with one attached hydrogen (secondary N) is 2. The Bertz CT molecular complexity index is 870. The molecule has 146 valence electrons. The van der Waals surface area contributed by atoms with Crippen LogP contribution in [0.25, 0.3) is 0 Å². The van der Waals surface area contributed by atoms with Gasteiger partial charge < -0.3 is 15.4 Å². The molecule has 0 saturated carbocycles. The van der Waals surface area contributed by atoms with Gasteiger partial charge in [0.1, 0.15) is 6.04 Å². The second-order valence-electron chi connectivity index (χ2n) is 6.43. The van der Waals surface area contributed by atoms with Gasteiger partial charge in [-0.2, -0.15) is 5.26 Å². The summed E-state index contributed by atoms with van der Waals surface area (Å²) in [5, 5.41) is 15.8. The van der Waals surface area contributed by atoms with Crippen molar-refractivity contribution in [3.63, 3.8) is 0 Å². The van der Waals surface area contributed by atoms with Crippen LogP contribution in [0.1, 0.15) is 36.0 Å². The Morgan fingerprint density at radius 2 is 1.79 bits per heavy atom. The van der Waals surface area contributed by atoms with Gasteiger partial charge in [-0.25, -0.2) is 4.79 Å². The predicted octanol–water partition coefficient (Wildman–Crippen LogP) is 2.94. The van der Waals surface area contributed by atoms with Gasteiger partial charge in [0.05, 0.1) is 16.5 Å². The zero-order valence-electron chi connectivity index (χ0n) is 15.8. The molecule has 0 aliphatic carbocycles. The fourth-order valence-corrected chi connectivity index (χ4v) is 2.92. The fourth-order valence-electron chi connectivity index (χ4n) is 2.29. The maximum Gasteiger partial charge on any atom is 0.329 e. The number of hydrogen-bond acceptors (Lipinski definition) is 6. The molecule has 8 heteroatoms. The number of thiophene rings is 1. The monoisotopic (exact) mass is 399 g/mol. The van der Waals surface area contributed by atoms with E-state index in [0.717, 1.165) is 0 Å². The average molecular weight is 399 g/mol. The first kappa shape index (κ1) is 21.1. The van der Waals surface area contributed by atoms with Crippen LogP contribution in [0.2, 0.25) is 0 Å². The van der Waals surface area contributed by atoms with E-state index in [1.54, 1.807) is 55.6 Å². The van der Waals surface area contributed by atoms with Crippen molar-refractivity contribution in [2.75, 3.05) is 5.32 Å². The summed E-state index contributed by atoms with van der Waals surface area (Å²) < 4.78 is 5.26. The van der Waals surface area contributed by atoms with Crippen molar-refractivity contribution in [3.8, 4) is 6.07 Å². The number of nitrogens with zero attached hydrogens (tertiary/aromatic N) is 1. The van der Waals surface area contributed by atoms with Crippen LogP contribution in [0.5, 0.6) is 0 Å². The number of amides is 2. The molecule has 7 nitrogen and oxygen atoms in total. The molecule has 1 aromatic carbocycles. The van der Waals surface area contributed by atoms with Crippen LogP contribution < -0.4 is 10.6 Å². The largest absolute Gasteiger partial charge is 0.451 e. The maximum atomic E-state index is 12.5. The molecule has 2 aromatic rings. The predicted molar refractivity (Wildman–Crippen MR) is 106 cm³/mol. The average Bonchev–Trinajstić information content (AvgIpc) is 3.21. The lowest BCUT2D eigenvalue weighted by Crippen LogP contribution is -2.47. The van der Waals surface area contributed by atoms with E-state index in [1.165, 1.54) is 18.3 Å². The normalized spacial score (nSPS) is 12.5. The number of anilines is 1. The molecule has 0 bridgehead atoms. The first-order valence-corrected chi connectivity index (χ1v) is 9.55. The Balaban J connectivity index is 1.96. The third kappa shape index (κ3) is 5.66. The lowest BCUT2D eigenvalue weighted by Gasteiger charge is -2.22. The van der Waals surface area contributed by atoms with Gasteiger partial charge in [0, 0.05) is 5.69 Å². The third-order valence-corrected chi connectivity index (χ3v) is 4.76. The highest BCUT2D eigenvalue weighted by Crippen LogP contribution is 2.13. The van der Waals surface area contributed by atoms with E-state index < -0.39 is 24.0 Å². The molecule has 0 aliphatic rings. The molecular formula is C20H21N3O4S. The van der Waals surface area contributed by atoms with E-state index in [1.807, 2.05) is 6.07 Å². The van der Waals surface area contributed by atoms with Crippen molar-refractivity contribution in [2.24, 2.45) is 5.92 Å². The second-order valence-corrected chi connectivity index (χ2v) is 7.38. The minimum Gasteiger partial charge on any atom is -0.451 e. The first-order valence-electron chi connectivity index (χ1n) is 8.67. The number of esters is 1. The lowest BCUT2D eigenvalue weighted by molar-refractivity contribution is -0.156. The summed E-state index contributed by atoms with van der Waals surface area (Å²) in [5.41, 5.74) is 0.956. The van der Waals surface area contributed by atoms with E-state index >= 15 is 0 Å². The number of rotatable bonds is 7. The van der Waals surface area contributed by atoms with Crippen molar-refractivity contribution in [1.29, 1.82) is 5.26 Å². The zero-order valence-corrected chi connectivity index (χ0v) is 16.6. The highest BCUT2D eigenvalue weighted by atomic mass is 32.1. The fraction of sp³-hybridized carbons (Fsp3) is 0.300. The molecule has 0 fully saturated rings. The van der Waals surface area contributed by atoms with Crippen LogP contribution >= 0.6 is 11.3 Å². The molecule has 0 aliphatic heterocycles. The molecular weight excluding hydrogens is 378 g/mol. The molecule has 2 amide bonds. The Kier molecular flexibility index (Phi) is 7.29. The summed E-state index contributed by atoms with van der Waals surface area (Å²) in [5.74, 6) is -1.77. The summed E-state index contributed by atoms with van der Waals surface area (Å²) >= 11 is 1.27. The van der Waals surface area contributed by atoms with Crippen molar-refractivity contribution in [1.82, 2.24) is 5.32 Å². The molecule has 0 unspecified atom stereocenters. The van der Waals surface area contributed by atoms with E-state index in [-0.39, 0.29) is 11.8 Å². The maximum absolute atomic E-state index is 12.5. The molecule has 0 spiro atoms. The van der Waals surface area contributed by atoms with Gasteiger partial charge in [0.15, 0.2) is 6.10 Å². The molecule has 0 radical (unpaired) electrons. The van der Waals surface area contributed by atoms with Crippen molar-refractivity contribution in [2.45, 2.75) is 32.9 Å². The first-order chi connectivity index (χ1) is 13.3. The van der Waals surface area contributed by atoms with Gasteiger partial charge in [-0.1, -0.05) is 19.9 Å². The van der Waals surface area contributed by atoms with Crippen molar-refractivity contribution < 1.29 is 19.1 Å². The SMILES string of the molecule is CC(C)[C@H](NC(=O)c1cccs1)C(=O)O[C@@H](C)C(=O)Nc1ccc(C#N)cc1. The number of carbonyl (C=O) groups excluding carboxylic acids is 3. The van der Waals surface area contributed by atoms with Gasteiger partial charge in [0.2, 0.25) is 0 Å². The number of nitriles is 1. The van der Waals surface area contributed by atoms with Gasteiger partial charge in [-0.15, -0.1) is 11.3 Å². The number of hydrogen-bond donors (Lipinski definition) is 2. The zero-order chi connectivity index (χ0) is 20.7. The van der Waals surface area contributed by atoms with Crippen molar-refractivity contribution in [3.05, 3.63) is 52.2 Å². The molecule has 2 N–H and O–H groups in total. The topological polar surface area (TPSA) is 108 Å². The van der Waals surface area contributed by atoms with Crippen LogP contribution in [-0.2, 0) is 14.3 Å². The minimum atomic E-state index is -1.05. The van der Waals surface area contributed by atoms with Gasteiger partial charge >= 0.3 is 5.97 Å². The van der Waals surface area contributed by atoms with E-state index in [4.69, 9.17) is 10.00 Å². The van der Waals surface area contributed by atoms with Gasteiger partial charge in [-0.05, 0) is 48.6 Å². The third-order valence-electron chi connectivity index (χ3n) is 3.90. The molecule has 2 rings (SSSR count). The van der Waals surface area contributed by atoms with Gasteiger partial charge in [0.25, 0.3) is 11.8 Å². The highest BCUT2D eigenvalue weighted by Gasteiger charge is 2.29. The standard InChI is InChI=1S/C20H21N3O4S/c1-12(2)17(23-19(25)16-5-4-10-28-16)20(26)27-13(3)18(24)22-15-8-6-14(11-21)7-9-15/h4-10,12-13,17H,1-3H3,(H,22,24)(H,23,25)/t13-,17-/m0/s1. The summed E-state index contributed by atoms with van der Waals surface area (Å²) in [6, 6.07) is 10.8. The Morgan fingerprint density at radius 1 is 1.11 bits per heavy atom. The van der Waals surface area contributed by atoms with Gasteiger partial charge in [-0.3, -0.25) is 9.59 Å².